The monoisotopic (exact) mass is 233 g/mol. The first-order valence-corrected chi connectivity index (χ1v) is 5.92. The zero-order valence-electron chi connectivity index (χ0n) is 10.6. The normalized spacial score (nSPS) is 21.9. The van der Waals surface area contributed by atoms with Gasteiger partial charge in [-0.25, -0.2) is 4.99 Å². The summed E-state index contributed by atoms with van der Waals surface area (Å²) in [7, 11) is 0. The number of aliphatic imine (C=N–C) groups is 1. The summed E-state index contributed by atoms with van der Waals surface area (Å²) >= 11 is 0. The Hall–Kier alpha value is -1.35. The number of hydrogen-bond acceptors (Lipinski definition) is 3. The lowest BCUT2D eigenvalue weighted by molar-refractivity contribution is 0.186. The highest BCUT2D eigenvalue weighted by molar-refractivity contribution is 5.83. The minimum absolute atomic E-state index is 0.0676. The molecule has 0 amide bonds. The molecule has 0 unspecified atom stereocenters. The van der Waals surface area contributed by atoms with Crippen molar-refractivity contribution in [2.24, 2.45) is 10.4 Å². The topological polar surface area (TPSA) is 41.8 Å². The summed E-state index contributed by atoms with van der Waals surface area (Å²) in [6, 6.07) is 9.59. The van der Waals surface area contributed by atoms with Crippen molar-refractivity contribution in [3.63, 3.8) is 0 Å². The summed E-state index contributed by atoms with van der Waals surface area (Å²) in [6.45, 7) is 6.94. The molecule has 0 saturated heterocycles. The van der Waals surface area contributed by atoms with Crippen LogP contribution in [-0.2, 0) is 4.74 Å². The van der Waals surface area contributed by atoms with E-state index in [9.17, 15) is 5.11 Å². The molecule has 1 aromatic carbocycles. The highest BCUT2D eigenvalue weighted by atomic mass is 16.5. The van der Waals surface area contributed by atoms with Crippen molar-refractivity contribution in [3.05, 3.63) is 35.9 Å². The van der Waals surface area contributed by atoms with Crippen LogP contribution in [0, 0.1) is 5.41 Å². The maximum atomic E-state index is 10.1. The van der Waals surface area contributed by atoms with Crippen LogP contribution in [0.15, 0.2) is 35.3 Å². The third-order valence-corrected chi connectivity index (χ3v) is 3.02. The predicted octanol–water partition coefficient (Wildman–Crippen LogP) is 2.56. The molecule has 3 heteroatoms. The molecule has 3 nitrogen and oxygen atoms in total. The maximum Gasteiger partial charge on any atom is 0.218 e. The second-order valence-electron chi connectivity index (χ2n) is 5.47. The van der Waals surface area contributed by atoms with Crippen molar-refractivity contribution < 1.29 is 9.84 Å². The van der Waals surface area contributed by atoms with Gasteiger partial charge in [-0.2, -0.15) is 0 Å². The van der Waals surface area contributed by atoms with E-state index in [0.29, 0.717) is 12.5 Å². The van der Waals surface area contributed by atoms with E-state index in [0.717, 1.165) is 5.56 Å². The molecular weight excluding hydrogens is 214 g/mol. The van der Waals surface area contributed by atoms with Gasteiger partial charge in [-0.3, -0.25) is 0 Å². The van der Waals surface area contributed by atoms with Crippen LogP contribution < -0.4 is 0 Å². The predicted molar refractivity (Wildman–Crippen MR) is 68.0 cm³/mol. The van der Waals surface area contributed by atoms with Crippen molar-refractivity contribution in [2.45, 2.75) is 32.9 Å². The average Bonchev–Trinajstić information content (AvgIpc) is 2.78. The number of hydrogen-bond donors (Lipinski definition) is 1. The highest BCUT2D eigenvalue weighted by Crippen LogP contribution is 2.29. The van der Waals surface area contributed by atoms with Crippen molar-refractivity contribution in [2.75, 3.05) is 6.61 Å². The van der Waals surface area contributed by atoms with Crippen LogP contribution in [0.2, 0.25) is 0 Å². The van der Waals surface area contributed by atoms with E-state index >= 15 is 0 Å². The Labute approximate surface area is 102 Å². The summed E-state index contributed by atoms with van der Waals surface area (Å²) in [6.07, 6.45) is -0.747. The summed E-state index contributed by atoms with van der Waals surface area (Å²) < 4.78 is 5.51. The number of aliphatic hydroxyl groups excluding tert-OH is 1. The summed E-state index contributed by atoms with van der Waals surface area (Å²) in [5.41, 5.74) is 0.888. The number of ether oxygens (including phenoxy) is 1. The Morgan fingerprint density at radius 1 is 1.29 bits per heavy atom. The SMILES string of the molecule is CC(C)(C)[C@H]1COC([C@@H](O)c2ccccc2)=N1. The second kappa shape index (κ2) is 4.49. The van der Waals surface area contributed by atoms with Gasteiger partial charge in [-0.15, -0.1) is 0 Å². The first-order chi connectivity index (χ1) is 7.98. The summed E-state index contributed by atoms with van der Waals surface area (Å²) in [4.78, 5) is 4.48. The van der Waals surface area contributed by atoms with Gasteiger partial charge in [-0.05, 0) is 11.0 Å². The lowest BCUT2D eigenvalue weighted by Crippen LogP contribution is -2.25. The van der Waals surface area contributed by atoms with Gasteiger partial charge in [0.05, 0.1) is 6.04 Å². The van der Waals surface area contributed by atoms with Gasteiger partial charge in [0.2, 0.25) is 5.90 Å². The third-order valence-electron chi connectivity index (χ3n) is 3.02. The zero-order chi connectivity index (χ0) is 12.5. The fraction of sp³-hybridized carbons (Fsp3) is 0.500. The Morgan fingerprint density at radius 3 is 2.47 bits per heavy atom. The van der Waals surface area contributed by atoms with Crippen LogP contribution in [-0.4, -0.2) is 23.7 Å². The largest absolute Gasteiger partial charge is 0.477 e. The molecule has 1 aliphatic rings. The minimum Gasteiger partial charge on any atom is -0.477 e. The molecule has 0 aromatic heterocycles. The first-order valence-electron chi connectivity index (χ1n) is 5.92. The first kappa shape index (κ1) is 12.1. The molecule has 0 bridgehead atoms. The van der Waals surface area contributed by atoms with Gasteiger partial charge < -0.3 is 9.84 Å². The van der Waals surface area contributed by atoms with E-state index in [2.05, 4.69) is 25.8 Å². The summed E-state index contributed by atoms with van der Waals surface area (Å²) in [5, 5.41) is 10.1. The van der Waals surface area contributed by atoms with Gasteiger partial charge in [-0.1, -0.05) is 51.1 Å². The lowest BCUT2D eigenvalue weighted by Gasteiger charge is -2.21. The van der Waals surface area contributed by atoms with E-state index in [-0.39, 0.29) is 11.5 Å². The van der Waals surface area contributed by atoms with Crippen LogP contribution in [0.1, 0.15) is 32.4 Å². The molecule has 1 heterocycles. The molecule has 0 aliphatic carbocycles. The molecule has 0 fully saturated rings. The van der Waals surface area contributed by atoms with E-state index in [1.807, 2.05) is 30.3 Å². The van der Waals surface area contributed by atoms with Gasteiger partial charge in [0.1, 0.15) is 6.61 Å². The molecular formula is C14H19NO2. The molecule has 1 aromatic rings. The van der Waals surface area contributed by atoms with Gasteiger partial charge in [0, 0.05) is 0 Å². The molecule has 1 N–H and O–H groups in total. The standard InChI is InChI=1S/C14H19NO2/c1-14(2,3)11-9-17-13(15-11)12(16)10-7-5-4-6-8-10/h4-8,11-12,16H,9H2,1-3H3/t11-,12+/m1/s1. The summed E-state index contributed by atoms with van der Waals surface area (Å²) in [5.74, 6) is 0.441. The number of nitrogens with zero attached hydrogens (tertiary/aromatic N) is 1. The Kier molecular flexibility index (Phi) is 3.20. The second-order valence-corrected chi connectivity index (χ2v) is 5.47. The number of rotatable bonds is 2. The number of aliphatic hydroxyl groups is 1. The molecule has 0 spiro atoms. The van der Waals surface area contributed by atoms with Crippen molar-refractivity contribution in [1.29, 1.82) is 0 Å². The van der Waals surface area contributed by atoms with Crippen LogP contribution in [0.3, 0.4) is 0 Å². The zero-order valence-corrected chi connectivity index (χ0v) is 10.6. The number of benzene rings is 1. The van der Waals surface area contributed by atoms with E-state index in [1.54, 1.807) is 0 Å². The van der Waals surface area contributed by atoms with Crippen LogP contribution in [0.5, 0.6) is 0 Å². The Morgan fingerprint density at radius 2 is 1.94 bits per heavy atom. The Bertz CT molecular complexity index is 406. The van der Waals surface area contributed by atoms with Crippen LogP contribution in [0.25, 0.3) is 0 Å². The van der Waals surface area contributed by atoms with Gasteiger partial charge in [0.15, 0.2) is 6.10 Å². The van der Waals surface area contributed by atoms with E-state index in [4.69, 9.17) is 4.74 Å². The third kappa shape index (κ3) is 2.67. The maximum absolute atomic E-state index is 10.1. The highest BCUT2D eigenvalue weighted by Gasteiger charge is 2.32. The molecule has 0 radical (unpaired) electrons. The van der Waals surface area contributed by atoms with E-state index in [1.165, 1.54) is 0 Å². The fourth-order valence-electron chi connectivity index (χ4n) is 1.76. The molecule has 17 heavy (non-hydrogen) atoms. The van der Waals surface area contributed by atoms with Crippen LogP contribution >= 0.6 is 0 Å². The molecule has 2 atom stereocenters. The van der Waals surface area contributed by atoms with Gasteiger partial charge >= 0.3 is 0 Å². The van der Waals surface area contributed by atoms with Crippen molar-refractivity contribution in [1.82, 2.24) is 0 Å². The van der Waals surface area contributed by atoms with Crippen molar-refractivity contribution >= 4 is 5.90 Å². The van der Waals surface area contributed by atoms with Gasteiger partial charge in [0.25, 0.3) is 0 Å². The minimum atomic E-state index is -0.747. The molecule has 2 rings (SSSR count). The molecule has 0 saturated carbocycles. The molecule has 1 aliphatic heterocycles. The average molecular weight is 233 g/mol. The lowest BCUT2D eigenvalue weighted by atomic mass is 9.88. The smallest absolute Gasteiger partial charge is 0.218 e. The van der Waals surface area contributed by atoms with E-state index < -0.39 is 6.10 Å². The van der Waals surface area contributed by atoms with Crippen molar-refractivity contribution in [3.8, 4) is 0 Å². The Balaban J connectivity index is 2.15. The molecule has 92 valence electrons. The van der Waals surface area contributed by atoms with Crippen LogP contribution in [0.4, 0.5) is 0 Å². The fourth-order valence-corrected chi connectivity index (χ4v) is 1.76. The quantitative estimate of drug-likeness (QED) is 0.853.